The van der Waals surface area contributed by atoms with E-state index in [1.54, 1.807) is 0 Å². The molecule has 1 fully saturated rings. The second-order valence-corrected chi connectivity index (χ2v) is 5.86. The molecule has 64 valence electrons. The number of halogens is 2. The van der Waals surface area contributed by atoms with Crippen molar-refractivity contribution in [2.45, 2.75) is 12.8 Å². The summed E-state index contributed by atoms with van der Waals surface area (Å²) in [6.07, 6.45) is 1.06. The van der Waals surface area contributed by atoms with Crippen molar-refractivity contribution < 1.29 is 13.2 Å². The minimum Gasteiger partial charge on any atom is -0.281 e. The molecule has 0 aliphatic heterocycles. The maximum absolute atomic E-state index is 10.6. The van der Waals surface area contributed by atoms with Gasteiger partial charge >= 0.3 is 0 Å². The fourth-order valence-corrected chi connectivity index (χ4v) is 2.92. The van der Waals surface area contributed by atoms with Crippen molar-refractivity contribution in [1.82, 2.24) is 0 Å². The molecule has 0 bridgehead atoms. The lowest BCUT2D eigenvalue weighted by atomic mass is 10.2. The van der Waals surface area contributed by atoms with Crippen LogP contribution in [-0.2, 0) is 13.8 Å². The second-order valence-electron chi connectivity index (χ2n) is 2.74. The Morgan fingerprint density at radius 1 is 1.45 bits per heavy atom. The highest BCUT2D eigenvalue weighted by molar-refractivity contribution is 8.13. The highest BCUT2D eigenvalue weighted by Crippen LogP contribution is 2.49. The zero-order valence-electron chi connectivity index (χ0n) is 5.51. The van der Waals surface area contributed by atoms with E-state index in [0.717, 1.165) is 0 Å². The molecule has 0 N–H and O–H groups in total. The van der Waals surface area contributed by atoms with Crippen molar-refractivity contribution in [2.75, 3.05) is 5.75 Å². The van der Waals surface area contributed by atoms with Gasteiger partial charge in [0.15, 0.2) is 0 Å². The summed E-state index contributed by atoms with van der Waals surface area (Å²) in [7, 11) is 1.37. The molecule has 0 spiro atoms. The SMILES string of the molecule is O=C(Cl)C1(CS(=O)(=O)Cl)CC1. The first-order valence-corrected chi connectivity index (χ1v) is 5.84. The van der Waals surface area contributed by atoms with Gasteiger partial charge < -0.3 is 0 Å². The van der Waals surface area contributed by atoms with Gasteiger partial charge in [0.2, 0.25) is 14.3 Å². The highest BCUT2D eigenvalue weighted by atomic mass is 35.7. The molecule has 1 aliphatic carbocycles. The molecule has 0 radical (unpaired) electrons. The third-order valence-electron chi connectivity index (χ3n) is 1.72. The van der Waals surface area contributed by atoms with Gasteiger partial charge in [-0.05, 0) is 24.4 Å². The number of hydrogen-bond donors (Lipinski definition) is 0. The summed E-state index contributed by atoms with van der Waals surface area (Å²) < 4.78 is 21.1. The molecule has 0 atom stereocenters. The maximum atomic E-state index is 10.6. The third-order valence-corrected chi connectivity index (χ3v) is 3.34. The van der Waals surface area contributed by atoms with Crippen molar-refractivity contribution in [1.29, 1.82) is 0 Å². The van der Waals surface area contributed by atoms with Crippen LogP contribution < -0.4 is 0 Å². The van der Waals surface area contributed by atoms with E-state index in [2.05, 4.69) is 0 Å². The quantitative estimate of drug-likeness (QED) is 0.665. The maximum Gasteiger partial charge on any atom is 0.233 e. The van der Waals surface area contributed by atoms with Crippen LogP contribution in [0, 0.1) is 5.41 Å². The largest absolute Gasteiger partial charge is 0.281 e. The lowest BCUT2D eigenvalue weighted by Crippen LogP contribution is -2.19. The first-order chi connectivity index (χ1) is 4.86. The van der Waals surface area contributed by atoms with Gasteiger partial charge in [-0.2, -0.15) is 0 Å². The lowest BCUT2D eigenvalue weighted by Gasteiger charge is -2.04. The topological polar surface area (TPSA) is 51.2 Å². The first kappa shape index (κ1) is 9.29. The Morgan fingerprint density at radius 2 is 1.91 bits per heavy atom. The molecule has 11 heavy (non-hydrogen) atoms. The van der Waals surface area contributed by atoms with Gasteiger partial charge in [-0.1, -0.05) is 0 Å². The van der Waals surface area contributed by atoms with Gasteiger partial charge in [0, 0.05) is 10.7 Å². The van der Waals surface area contributed by atoms with E-state index in [0.29, 0.717) is 12.8 Å². The van der Waals surface area contributed by atoms with E-state index in [9.17, 15) is 13.2 Å². The Labute approximate surface area is 74.1 Å². The van der Waals surface area contributed by atoms with Crippen LogP contribution in [0.4, 0.5) is 0 Å². The summed E-state index contributed by atoms with van der Waals surface area (Å²) >= 11 is 5.18. The average Bonchev–Trinajstić information content (AvgIpc) is 2.43. The molecule has 3 nitrogen and oxygen atoms in total. The van der Waals surface area contributed by atoms with Crippen LogP contribution >= 0.6 is 22.3 Å². The molecule has 1 rings (SSSR count). The minimum absolute atomic E-state index is 0.329. The van der Waals surface area contributed by atoms with Gasteiger partial charge in [0.25, 0.3) is 0 Å². The van der Waals surface area contributed by atoms with E-state index in [4.69, 9.17) is 22.3 Å². The number of carbonyl (C=O) groups excluding carboxylic acids is 1. The van der Waals surface area contributed by atoms with Crippen molar-refractivity contribution >= 4 is 36.6 Å². The van der Waals surface area contributed by atoms with E-state index >= 15 is 0 Å². The van der Waals surface area contributed by atoms with Crippen LogP contribution in [0.5, 0.6) is 0 Å². The summed E-state index contributed by atoms with van der Waals surface area (Å²) in [5.41, 5.74) is -0.859. The van der Waals surface area contributed by atoms with Gasteiger partial charge in [-0.3, -0.25) is 4.79 Å². The monoisotopic (exact) mass is 216 g/mol. The Hall–Kier alpha value is 0.200. The Kier molecular flexibility index (Phi) is 2.20. The van der Waals surface area contributed by atoms with Crippen molar-refractivity contribution in [3.63, 3.8) is 0 Å². The molecule has 0 aromatic heterocycles. The van der Waals surface area contributed by atoms with Crippen molar-refractivity contribution in [2.24, 2.45) is 5.41 Å². The fraction of sp³-hybridized carbons (Fsp3) is 0.800. The van der Waals surface area contributed by atoms with Crippen LogP contribution in [0.1, 0.15) is 12.8 Å². The molecular formula is C5H6Cl2O3S. The average molecular weight is 217 g/mol. The Balaban J connectivity index is 2.70. The highest BCUT2D eigenvalue weighted by Gasteiger charge is 2.51. The third kappa shape index (κ3) is 2.32. The van der Waals surface area contributed by atoms with E-state index in [1.807, 2.05) is 0 Å². The molecule has 0 aromatic rings. The van der Waals surface area contributed by atoms with E-state index < -0.39 is 19.7 Å². The van der Waals surface area contributed by atoms with E-state index in [-0.39, 0.29) is 5.75 Å². The summed E-state index contributed by atoms with van der Waals surface area (Å²) in [5.74, 6) is -0.329. The first-order valence-electron chi connectivity index (χ1n) is 2.98. The number of rotatable bonds is 3. The standard InChI is InChI=1S/C5H6Cl2O3S/c6-4(8)5(1-2-5)3-11(7,9)10/h1-3H2. The summed E-state index contributed by atoms with van der Waals surface area (Å²) in [4.78, 5) is 10.6. The second kappa shape index (κ2) is 2.61. The van der Waals surface area contributed by atoms with Crippen molar-refractivity contribution in [3.8, 4) is 0 Å². The summed E-state index contributed by atoms with van der Waals surface area (Å²) in [5, 5.41) is -0.596. The minimum atomic E-state index is -3.60. The molecule has 0 aromatic carbocycles. The number of hydrogen-bond acceptors (Lipinski definition) is 3. The van der Waals surface area contributed by atoms with Crippen molar-refractivity contribution in [3.05, 3.63) is 0 Å². The van der Waals surface area contributed by atoms with Crippen LogP contribution in [0.2, 0.25) is 0 Å². The normalized spacial score (nSPS) is 21.3. The van der Waals surface area contributed by atoms with Crippen LogP contribution in [0.15, 0.2) is 0 Å². The number of carbonyl (C=O) groups is 1. The molecule has 1 saturated carbocycles. The Morgan fingerprint density at radius 3 is 2.00 bits per heavy atom. The van der Waals surface area contributed by atoms with Crippen LogP contribution in [-0.4, -0.2) is 19.4 Å². The molecule has 6 heteroatoms. The Bertz CT molecular complexity index is 278. The molecule has 0 saturated heterocycles. The van der Waals surface area contributed by atoms with Gasteiger partial charge in [0.05, 0.1) is 11.2 Å². The summed E-state index contributed by atoms with van der Waals surface area (Å²) in [6.45, 7) is 0. The van der Waals surface area contributed by atoms with E-state index in [1.165, 1.54) is 0 Å². The van der Waals surface area contributed by atoms with Crippen LogP contribution in [0.25, 0.3) is 0 Å². The summed E-state index contributed by atoms with van der Waals surface area (Å²) in [6, 6.07) is 0. The molecular weight excluding hydrogens is 211 g/mol. The molecule has 0 unspecified atom stereocenters. The molecule has 1 aliphatic rings. The lowest BCUT2D eigenvalue weighted by molar-refractivity contribution is -0.115. The van der Waals surface area contributed by atoms with Gasteiger partial charge in [-0.25, -0.2) is 8.42 Å². The zero-order valence-corrected chi connectivity index (χ0v) is 7.84. The fourth-order valence-electron chi connectivity index (χ4n) is 0.879. The smallest absolute Gasteiger partial charge is 0.233 e. The van der Waals surface area contributed by atoms with Gasteiger partial charge in [-0.15, -0.1) is 0 Å². The van der Waals surface area contributed by atoms with Gasteiger partial charge in [0.1, 0.15) is 0 Å². The molecule has 0 amide bonds. The predicted octanol–water partition coefficient (Wildman–Crippen LogP) is 1.10. The van der Waals surface area contributed by atoms with Crippen LogP contribution in [0.3, 0.4) is 0 Å². The predicted molar refractivity (Wildman–Crippen MR) is 42.2 cm³/mol. The molecule has 0 heterocycles. The zero-order chi connectivity index (χ0) is 8.70.